The minimum absolute atomic E-state index is 0.0494. The van der Waals surface area contributed by atoms with E-state index in [1.54, 1.807) is 0 Å². The molecule has 0 radical (unpaired) electrons. The van der Waals surface area contributed by atoms with Gasteiger partial charge in [0.25, 0.3) is 5.56 Å². The van der Waals surface area contributed by atoms with Crippen LogP contribution in [0.2, 0.25) is 0 Å². The maximum absolute atomic E-state index is 12.4. The molecule has 1 fully saturated rings. The van der Waals surface area contributed by atoms with Gasteiger partial charge in [0.1, 0.15) is 5.69 Å². The molecule has 5 nitrogen and oxygen atoms in total. The van der Waals surface area contributed by atoms with Gasteiger partial charge in [-0.25, -0.2) is 0 Å². The Labute approximate surface area is 119 Å². The molecule has 1 saturated heterocycles. The van der Waals surface area contributed by atoms with E-state index in [4.69, 9.17) is 5.26 Å². The maximum atomic E-state index is 12.4. The molecule has 1 atom stereocenters. The lowest BCUT2D eigenvalue weighted by Crippen LogP contribution is -2.30. The molecule has 1 N–H and O–H groups in total. The summed E-state index contributed by atoms with van der Waals surface area (Å²) in [6.07, 6.45) is 3.39. The van der Waals surface area contributed by atoms with E-state index in [1.165, 1.54) is 0 Å². The average molecular weight is 274 g/mol. The number of nitrogens with zero attached hydrogens (tertiary/aromatic N) is 3. The molecule has 0 amide bonds. The van der Waals surface area contributed by atoms with Crippen molar-refractivity contribution in [3.8, 4) is 6.07 Å². The van der Waals surface area contributed by atoms with E-state index in [9.17, 15) is 4.79 Å². The highest BCUT2D eigenvalue weighted by Gasteiger charge is 2.24. The van der Waals surface area contributed by atoms with Crippen LogP contribution in [0, 0.1) is 11.3 Å². The van der Waals surface area contributed by atoms with Crippen LogP contribution >= 0.6 is 0 Å². The SMILES string of the molecule is CC(C)Nc1cccn(C2CCN(CCC#N)C2)c1=O. The zero-order valence-corrected chi connectivity index (χ0v) is 12.2. The van der Waals surface area contributed by atoms with Gasteiger partial charge in [-0.1, -0.05) is 0 Å². The summed E-state index contributed by atoms with van der Waals surface area (Å²) in [5.41, 5.74) is 0.714. The number of hydrogen-bond acceptors (Lipinski definition) is 4. The first-order valence-corrected chi connectivity index (χ1v) is 7.19. The van der Waals surface area contributed by atoms with Crippen molar-refractivity contribution in [2.24, 2.45) is 0 Å². The summed E-state index contributed by atoms with van der Waals surface area (Å²) in [5, 5.41) is 11.8. The lowest BCUT2D eigenvalue weighted by atomic mass is 10.2. The summed E-state index contributed by atoms with van der Waals surface area (Å²) in [7, 11) is 0. The van der Waals surface area contributed by atoms with Gasteiger partial charge in [-0.2, -0.15) is 5.26 Å². The highest BCUT2D eigenvalue weighted by molar-refractivity contribution is 5.41. The molecule has 0 spiro atoms. The lowest BCUT2D eigenvalue weighted by molar-refractivity contribution is 0.330. The third-order valence-corrected chi connectivity index (χ3v) is 3.60. The van der Waals surface area contributed by atoms with Gasteiger partial charge in [0, 0.05) is 38.3 Å². The van der Waals surface area contributed by atoms with E-state index in [1.807, 2.05) is 36.7 Å². The van der Waals surface area contributed by atoms with Gasteiger partial charge in [0.05, 0.1) is 12.1 Å². The minimum Gasteiger partial charge on any atom is -0.378 e. The van der Waals surface area contributed by atoms with Gasteiger partial charge in [0.2, 0.25) is 0 Å². The van der Waals surface area contributed by atoms with Crippen LogP contribution in [0.5, 0.6) is 0 Å². The Balaban J connectivity index is 2.10. The number of hydrogen-bond donors (Lipinski definition) is 1. The first-order chi connectivity index (χ1) is 9.61. The highest BCUT2D eigenvalue weighted by Crippen LogP contribution is 2.20. The van der Waals surface area contributed by atoms with Crippen molar-refractivity contribution in [3.63, 3.8) is 0 Å². The molecular weight excluding hydrogens is 252 g/mol. The number of rotatable bonds is 5. The fourth-order valence-corrected chi connectivity index (χ4v) is 2.67. The lowest BCUT2D eigenvalue weighted by Gasteiger charge is -2.18. The topological polar surface area (TPSA) is 61.1 Å². The second kappa shape index (κ2) is 6.58. The van der Waals surface area contributed by atoms with Crippen molar-refractivity contribution in [1.82, 2.24) is 9.47 Å². The predicted octanol–water partition coefficient (Wildman–Crippen LogP) is 1.83. The van der Waals surface area contributed by atoms with Crippen molar-refractivity contribution in [2.75, 3.05) is 25.0 Å². The summed E-state index contributed by atoms with van der Waals surface area (Å²) in [6, 6.07) is 6.39. The molecular formula is C15H22N4O. The smallest absolute Gasteiger partial charge is 0.274 e. The Kier molecular flexibility index (Phi) is 4.80. The van der Waals surface area contributed by atoms with E-state index in [0.29, 0.717) is 12.1 Å². The Morgan fingerprint density at radius 2 is 2.35 bits per heavy atom. The van der Waals surface area contributed by atoms with Crippen molar-refractivity contribution >= 4 is 5.69 Å². The molecule has 20 heavy (non-hydrogen) atoms. The quantitative estimate of drug-likeness (QED) is 0.890. The van der Waals surface area contributed by atoms with Gasteiger partial charge in [-0.15, -0.1) is 0 Å². The van der Waals surface area contributed by atoms with Crippen LogP contribution in [0.4, 0.5) is 5.69 Å². The van der Waals surface area contributed by atoms with Crippen LogP contribution < -0.4 is 10.9 Å². The molecule has 1 aromatic heterocycles. The summed E-state index contributed by atoms with van der Waals surface area (Å²) in [5.74, 6) is 0. The highest BCUT2D eigenvalue weighted by atomic mass is 16.1. The number of pyridine rings is 1. The van der Waals surface area contributed by atoms with Gasteiger partial charge in [-0.3, -0.25) is 4.79 Å². The molecule has 1 aliphatic heterocycles. The van der Waals surface area contributed by atoms with Gasteiger partial charge >= 0.3 is 0 Å². The number of anilines is 1. The number of aromatic nitrogens is 1. The monoisotopic (exact) mass is 274 g/mol. The number of nitriles is 1. The van der Waals surface area contributed by atoms with Crippen molar-refractivity contribution in [2.45, 2.75) is 38.8 Å². The molecule has 1 aromatic rings. The first kappa shape index (κ1) is 14.6. The second-order valence-corrected chi connectivity index (χ2v) is 5.58. The molecule has 1 unspecified atom stereocenters. The first-order valence-electron chi connectivity index (χ1n) is 7.19. The fourth-order valence-electron chi connectivity index (χ4n) is 2.67. The van der Waals surface area contributed by atoms with Gasteiger partial charge in [0.15, 0.2) is 0 Å². The zero-order chi connectivity index (χ0) is 14.5. The van der Waals surface area contributed by atoms with Crippen LogP contribution in [0.3, 0.4) is 0 Å². The van der Waals surface area contributed by atoms with Crippen LogP contribution in [-0.4, -0.2) is 35.1 Å². The van der Waals surface area contributed by atoms with Crippen molar-refractivity contribution in [3.05, 3.63) is 28.7 Å². The normalized spacial score (nSPS) is 19.2. The summed E-state index contributed by atoms with van der Waals surface area (Å²) < 4.78 is 1.83. The van der Waals surface area contributed by atoms with Gasteiger partial charge in [-0.05, 0) is 32.4 Å². The number of likely N-dealkylation sites (tertiary alicyclic amines) is 1. The van der Waals surface area contributed by atoms with E-state index >= 15 is 0 Å². The summed E-state index contributed by atoms with van der Waals surface area (Å²) in [6.45, 7) is 6.66. The molecule has 2 heterocycles. The Morgan fingerprint density at radius 1 is 1.55 bits per heavy atom. The van der Waals surface area contributed by atoms with Crippen LogP contribution in [0.15, 0.2) is 23.1 Å². The maximum Gasteiger partial charge on any atom is 0.274 e. The largest absolute Gasteiger partial charge is 0.378 e. The third kappa shape index (κ3) is 3.40. The van der Waals surface area contributed by atoms with E-state index < -0.39 is 0 Å². The van der Waals surface area contributed by atoms with E-state index in [-0.39, 0.29) is 17.6 Å². The molecule has 0 saturated carbocycles. The molecule has 0 aliphatic carbocycles. The Morgan fingerprint density at radius 3 is 3.05 bits per heavy atom. The van der Waals surface area contributed by atoms with Crippen LogP contribution in [0.1, 0.15) is 32.7 Å². The van der Waals surface area contributed by atoms with Crippen molar-refractivity contribution < 1.29 is 0 Å². The van der Waals surface area contributed by atoms with Crippen LogP contribution in [0.25, 0.3) is 0 Å². The summed E-state index contributed by atoms with van der Waals surface area (Å²) in [4.78, 5) is 14.7. The molecule has 2 rings (SSSR count). The minimum atomic E-state index is 0.0494. The summed E-state index contributed by atoms with van der Waals surface area (Å²) >= 11 is 0. The van der Waals surface area contributed by atoms with E-state index in [0.717, 1.165) is 26.1 Å². The van der Waals surface area contributed by atoms with Crippen molar-refractivity contribution in [1.29, 1.82) is 5.26 Å². The predicted molar refractivity (Wildman–Crippen MR) is 79.8 cm³/mol. The molecule has 0 aromatic carbocycles. The molecule has 0 bridgehead atoms. The zero-order valence-electron chi connectivity index (χ0n) is 12.2. The molecule has 5 heteroatoms. The van der Waals surface area contributed by atoms with E-state index in [2.05, 4.69) is 16.3 Å². The Bertz CT molecular complexity index is 544. The standard InChI is InChI=1S/C15H22N4O/c1-12(2)17-14-5-3-9-19(15(14)20)13-6-10-18(11-13)8-4-7-16/h3,5,9,12-13,17H,4,6,8,10-11H2,1-2H3. The van der Waals surface area contributed by atoms with Crippen LogP contribution in [-0.2, 0) is 0 Å². The average Bonchev–Trinajstić information content (AvgIpc) is 2.87. The molecule has 1 aliphatic rings. The molecule has 108 valence electrons. The number of nitrogens with one attached hydrogen (secondary N) is 1. The third-order valence-electron chi connectivity index (χ3n) is 3.60. The Hall–Kier alpha value is -1.80. The second-order valence-electron chi connectivity index (χ2n) is 5.58. The van der Waals surface area contributed by atoms with Gasteiger partial charge < -0.3 is 14.8 Å². The fraction of sp³-hybridized carbons (Fsp3) is 0.600.